The predicted molar refractivity (Wildman–Crippen MR) is 135 cm³/mol. The summed E-state index contributed by atoms with van der Waals surface area (Å²) in [6, 6.07) is 12.7. The molecular weight excluding hydrogens is 447 g/mol. The maximum atomic E-state index is 14.2. The third kappa shape index (κ3) is 4.39. The molecule has 2 aromatic heterocycles. The summed E-state index contributed by atoms with van der Waals surface area (Å²) in [5, 5.41) is 0. The highest BCUT2D eigenvalue weighted by atomic mass is 19.1. The van der Waals surface area contributed by atoms with Gasteiger partial charge >= 0.3 is 5.69 Å². The summed E-state index contributed by atoms with van der Waals surface area (Å²) in [5.74, 6) is 0.118. The van der Waals surface area contributed by atoms with E-state index in [1.54, 1.807) is 25.2 Å². The smallest absolute Gasteiger partial charge is 0.332 e. The van der Waals surface area contributed by atoms with Crippen LogP contribution < -0.4 is 16.1 Å². The number of H-pyrrole nitrogens is 1. The Balaban J connectivity index is 1.37. The molecular formula is C26H29FN6O2. The zero-order chi connectivity index (χ0) is 24.7. The maximum absolute atomic E-state index is 14.2. The summed E-state index contributed by atoms with van der Waals surface area (Å²) in [7, 11) is 1.58. The zero-order valence-corrected chi connectivity index (χ0v) is 20.2. The van der Waals surface area contributed by atoms with E-state index in [4.69, 9.17) is 0 Å². The molecule has 5 rings (SSSR count). The average Bonchev–Trinajstić information content (AvgIpc) is 3.30. The fraction of sp³-hybridized carbons (Fsp3) is 0.346. The van der Waals surface area contributed by atoms with E-state index in [0.717, 1.165) is 37.3 Å². The van der Waals surface area contributed by atoms with Crippen LogP contribution in [0.3, 0.4) is 0 Å². The number of piperazine rings is 1. The first-order valence-corrected chi connectivity index (χ1v) is 11.8. The Bertz CT molecular complexity index is 1510. The molecule has 1 fully saturated rings. The van der Waals surface area contributed by atoms with Crippen molar-refractivity contribution in [1.82, 2.24) is 24.0 Å². The lowest BCUT2D eigenvalue weighted by Crippen LogP contribution is -2.46. The summed E-state index contributed by atoms with van der Waals surface area (Å²) in [4.78, 5) is 38.3. The molecule has 0 atom stereocenters. The van der Waals surface area contributed by atoms with Crippen LogP contribution in [0.25, 0.3) is 11.2 Å². The van der Waals surface area contributed by atoms with E-state index in [-0.39, 0.29) is 17.6 Å². The Morgan fingerprint density at radius 1 is 0.971 bits per heavy atom. The van der Waals surface area contributed by atoms with Crippen molar-refractivity contribution in [3.8, 4) is 0 Å². The Kier molecular flexibility index (Phi) is 6.02. The van der Waals surface area contributed by atoms with Crippen LogP contribution in [-0.4, -0.2) is 50.2 Å². The summed E-state index contributed by atoms with van der Waals surface area (Å²) in [5.41, 5.74) is 3.70. The van der Waals surface area contributed by atoms with Crippen molar-refractivity contribution in [2.24, 2.45) is 7.05 Å². The zero-order valence-electron chi connectivity index (χ0n) is 20.2. The van der Waals surface area contributed by atoms with E-state index in [1.165, 1.54) is 27.3 Å². The van der Waals surface area contributed by atoms with E-state index in [9.17, 15) is 14.0 Å². The predicted octanol–water partition coefficient (Wildman–Crippen LogP) is 2.55. The van der Waals surface area contributed by atoms with Crippen molar-refractivity contribution in [3.05, 3.63) is 91.4 Å². The molecule has 35 heavy (non-hydrogen) atoms. The van der Waals surface area contributed by atoms with Gasteiger partial charge in [0.15, 0.2) is 11.2 Å². The van der Waals surface area contributed by atoms with E-state index in [2.05, 4.69) is 51.8 Å². The normalized spacial score (nSPS) is 14.7. The molecule has 9 heteroatoms. The highest BCUT2D eigenvalue weighted by Crippen LogP contribution is 2.19. The lowest BCUT2D eigenvalue weighted by Gasteiger charge is -2.34. The molecule has 0 amide bonds. The molecule has 182 valence electrons. The summed E-state index contributed by atoms with van der Waals surface area (Å²) >= 11 is 0. The van der Waals surface area contributed by atoms with Crippen LogP contribution >= 0.6 is 0 Å². The number of aryl methyl sites for hydroxylation is 3. The fourth-order valence-electron chi connectivity index (χ4n) is 4.65. The Morgan fingerprint density at radius 2 is 1.71 bits per heavy atom. The molecule has 0 spiro atoms. The van der Waals surface area contributed by atoms with Gasteiger partial charge in [-0.2, -0.15) is 4.98 Å². The number of anilines is 1. The fourth-order valence-corrected chi connectivity index (χ4v) is 4.65. The van der Waals surface area contributed by atoms with Crippen molar-refractivity contribution >= 4 is 17.1 Å². The average molecular weight is 477 g/mol. The monoisotopic (exact) mass is 476 g/mol. The second-order valence-corrected chi connectivity index (χ2v) is 9.28. The Labute approximate surface area is 202 Å². The SMILES string of the molecule is Cc1ccc(C)c(CN2CCN(c3nc4c([nH]3)c(=O)n(Cc3ccccc3F)c(=O)n4C)CC2)c1. The molecule has 1 N–H and O–H groups in total. The topological polar surface area (TPSA) is 79.2 Å². The minimum atomic E-state index is -0.526. The van der Waals surface area contributed by atoms with Gasteiger partial charge in [-0.1, -0.05) is 42.0 Å². The van der Waals surface area contributed by atoms with Crippen LogP contribution in [0.2, 0.25) is 0 Å². The first-order chi connectivity index (χ1) is 16.8. The van der Waals surface area contributed by atoms with Crippen molar-refractivity contribution < 1.29 is 4.39 Å². The third-order valence-electron chi connectivity index (χ3n) is 6.82. The number of hydrogen-bond acceptors (Lipinski definition) is 5. The van der Waals surface area contributed by atoms with E-state index >= 15 is 0 Å². The van der Waals surface area contributed by atoms with Gasteiger partial charge in [0.25, 0.3) is 5.56 Å². The van der Waals surface area contributed by atoms with Crippen molar-refractivity contribution in [3.63, 3.8) is 0 Å². The van der Waals surface area contributed by atoms with E-state index < -0.39 is 17.1 Å². The number of nitrogens with zero attached hydrogens (tertiary/aromatic N) is 5. The highest BCUT2D eigenvalue weighted by Gasteiger charge is 2.23. The van der Waals surface area contributed by atoms with Crippen LogP contribution in [0.4, 0.5) is 10.3 Å². The van der Waals surface area contributed by atoms with Crippen LogP contribution in [0, 0.1) is 19.7 Å². The standard InChI is InChI=1S/C26H29FN6O2/c1-17-8-9-18(2)20(14-17)15-31-10-12-32(13-11-31)25-28-22-23(29-25)30(3)26(35)33(24(22)34)16-19-6-4-5-7-21(19)27/h4-9,14H,10-13,15-16H2,1-3H3,(H,28,29). The molecule has 0 saturated carbocycles. The molecule has 2 aromatic carbocycles. The van der Waals surface area contributed by atoms with Crippen molar-refractivity contribution in [2.75, 3.05) is 31.1 Å². The second kappa shape index (κ2) is 9.14. The molecule has 0 bridgehead atoms. The van der Waals surface area contributed by atoms with Crippen LogP contribution in [0.15, 0.2) is 52.1 Å². The molecule has 0 unspecified atom stereocenters. The molecule has 8 nitrogen and oxygen atoms in total. The van der Waals surface area contributed by atoms with Crippen LogP contribution in [0.5, 0.6) is 0 Å². The number of imidazole rings is 1. The van der Waals surface area contributed by atoms with Gasteiger partial charge in [-0.3, -0.25) is 18.8 Å². The molecule has 1 saturated heterocycles. The number of aromatic amines is 1. The Morgan fingerprint density at radius 3 is 2.46 bits per heavy atom. The van der Waals surface area contributed by atoms with Gasteiger partial charge in [-0.15, -0.1) is 0 Å². The quantitative estimate of drug-likeness (QED) is 0.479. The van der Waals surface area contributed by atoms with Gasteiger partial charge in [-0.25, -0.2) is 9.18 Å². The molecule has 4 aromatic rings. The van der Waals surface area contributed by atoms with Gasteiger partial charge in [0.05, 0.1) is 6.54 Å². The van der Waals surface area contributed by atoms with Gasteiger partial charge in [0.1, 0.15) is 5.82 Å². The minimum absolute atomic E-state index is 0.139. The minimum Gasteiger partial charge on any atom is -0.340 e. The molecule has 0 radical (unpaired) electrons. The number of fused-ring (bicyclic) bond motifs is 1. The van der Waals surface area contributed by atoms with Gasteiger partial charge in [0.2, 0.25) is 5.95 Å². The lowest BCUT2D eigenvalue weighted by molar-refractivity contribution is 0.248. The summed E-state index contributed by atoms with van der Waals surface area (Å²) < 4.78 is 16.5. The first-order valence-electron chi connectivity index (χ1n) is 11.8. The van der Waals surface area contributed by atoms with Crippen LogP contribution in [-0.2, 0) is 20.1 Å². The number of benzene rings is 2. The second-order valence-electron chi connectivity index (χ2n) is 9.28. The highest BCUT2D eigenvalue weighted by molar-refractivity contribution is 5.73. The maximum Gasteiger partial charge on any atom is 0.332 e. The number of nitrogens with one attached hydrogen (secondary N) is 1. The lowest BCUT2D eigenvalue weighted by atomic mass is 10.0. The van der Waals surface area contributed by atoms with Crippen molar-refractivity contribution in [1.29, 1.82) is 0 Å². The van der Waals surface area contributed by atoms with Gasteiger partial charge in [-0.05, 0) is 31.0 Å². The van der Waals surface area contributed by atoms with E-state index in [1.807, 2.05) is 0 Å². The summed E-state index contributed by atoms with van der Waals surface area (Å²) in [6.45, 7) is 8.24. The number of aromatic nitrogens is 4. The van der Waals surface area contributed by atoms with Crippen molar-refractivity contribution in [2.45, 2.75) is 26.9 Å². The number of rotatable bonds is 5. The molecule has 1 aliphatic rings. The molecule has 0 aliphatic carbocycles. The number of halogens is 1. The van der Waals surface area contributed by atoms with E-state index in [0.29, 0.717) is 11.6 Å². The van der Waals surface area contributed by atoms with Crippen LogP contribution in [0.1, 0.15) is 22.3 Å². The molecule has 1 aliphatic heterocycles. The largest absolute Gasteiger partial charge is 0.340 e. The summed E-state index contributed by atoms with van der Waals surface area (Å²) in [6.07, 6.45) is 0. The molecule has 3 heterocycles. The third-order valence-corrected chi connectivity index (χ3v) is 6.82. The van der Waals surface area contributed by atoms with Gasteiger partial charge in [0, 0.05) is 45.3 Å². The Hall–Kier alpha value is -3.72. The number of hydrogen-bond donors (Lipinski definition) is 1. The first kappa shape index (κ1) is 23.0. The van der Waals surface area contributed by atoms with Gasteiger partial charge < -0.3 is 9.88 Å².